The summed E-state index contributed by atoms with van der Waals surface area (Å²) in [6.07, 6.45) is 0. The smallest absolute Gasteiger partial charge is 0.153 e. The summed E-state index contributed by atoms with van der Waals surface area (Å²) < 4.78 is 12.6. The van der Waals surface area contributed by atoms with Crippen molar-refractivity contribution in [1.29, 1.82) is 0 Å². The number of para-hydroxylation sites is 2. The zero-order valence-electron chi connectivity index (χ0n) is 17.7. The lowest BCUT2D eigenvalue weighted by molar-refractivity contribution is 0.473. The van der Waals surface area contributed by atoms with E-state index in [0.29, 0.717) is 0 Å². The van der Waals surface area contributed by atoms with Crippen LogP contribution in [0.4, 0.5) is 28.4 Å². The van der Waals surface area contributed by atoms with Gasteiger partial charge in [-0.2, -0.15) is 0 Å². The quantitative estimate of drug-likeness (QED) is 0.284. The molecular formula is C27H22N2O2. The molecule has 0 aliphatic carbocycles. The van der Waals surface area contributed by atoms with Crippen LogP contribution in [-0.2, 0) is 0 Å². The van der Waals surface area contributed by atoms with Gasteiger partial charge < -0.3 is 19.3 Å². The summed E-state index contributed by atoms with van der Waals surface area (Å²) in [6, 6.07) is 27.1. The Kier molecular flexibility index (Phi) is 3.78. The maximum Gasteiger partial charge on any atom is 0.153 e. The second-order valence-electron chi connectivity index (χ2n) is 8.16. The van der Waals surface area contributed by atoms with Gasteiger partial charge in [-0.3, -0.25) is 0 Å². The first kappa shape index (κ1) is 17.9. The molecule has 4 nitrogen and oxygen atoms in total. The molecule has 0 amide bonds. The Morgan fingerprint density at radius 3 is 1.81 bits per heavy atom. The number of ether oxygens (including phenoxy) is 2. The van der Waals surface area contributed by atoms with E-state index in [-0.39, 0.29) is 0 Å². The Morgan fingerprint density at radius 2 is 1.10 bits per heavy atom. The van der Waals surface area contributed by atoms with Crippen LogP contribution in [0.15, 0.2) is 78.9 Å². The monoisotopic (exact) mass is 406 g/mol. The van der Waals surface area contributed by atoms with Crippen molar-refractivity contribution >= 4 is 28.4 Å². The summed E-state index contributed by atoms with van der Waals surface area (Å²) in [5.41, 5.74) is 7.52. The van der Waals surface area contributed by atoms with E-state index in [2.05, 4.69) is 91.4 Å². The number of nitrogens with zero attached hydrogens (tertiary/aromatic N) is 2. The first-order valence-corrected chi connectivity index (χ1v) is 10.4. The van der Waals surface area contributed by atoms with E-state index in [1.807, 2.05) is 18.2 Å². The van der Waals surface area contributed by atoms with Crippen LogP contribution in [0, 0.1) is 13.8 Å². The Morgan fingerprint density at radius 1 is 0.548 bits per heavy atom. The minimum atomic E-state index is 0.840. The zero-order valence-corrected chi connectivity index (χ0v) is 17.7. The van der Waals surface area contributed by atoms with E-state index in [0.717, 1.165) is 51.4 Å². The topological polar surface area (TPSA) is 24.9 Å². The molecule has 4 heteroatoms. The standard InChI is InChI=1S/C27H22N2O2/c1-17-8-11-22-25(14-17)31-26-15-18(2)9-12-23(26)29(22)19-10-13-21-27(16-19)30-24-7-5-4-6-20(24)28(21)3/h4-16H,1-3H3. The van der Waals surface area contributed by atoms with Gasteiger partial charge in [0.25, 0.3) is 0 Å². The minimum Gasteiger partial charge on any atom is -0.453 e. The van der Waals surface area contributed by atoms with Crippen LogP contribution in [0.2, 0.25) is 0 Å². The van der Waals surface area contributed by atoms with E-state index in [9.17, 15) is 0 Å². The first-order valence-electron chi connectivity index (χ1n) is 10.4. The van der Waals surface area contributed by atoms with Gasteiger partial charge in [-0.05, 0) is 73.5 Å². The van der Waals surface area contributed by atoms with Gasteiger partial charge in [0, 0.05) is 13.1 Å². The fourth-order valence-electron chi connectivity index (χ4n) is 4.37. The number of hydrogen-bond acceptors (Lipinski definition) is 4. The molecule has 4 aromatic carbocycles. The van der Waals surface area contributed by atoms with E-state index in [1.165, 1.54) is 11.1 Å². The van der Waals surface area contributed by atoms with Crippen molar-refractivity contribution in [2.24, 2.45) is 0 Å². The lowest BCUT2D eigenvalue weighted by atomic mass is 10.1. The molecule has 0 atom stereocenters. The summed E-state index contributed by atoms with van der Waals surface area (Å²) in [5, 5.41) is 0. The Labute approximate surface area is 181 Å². The lowest BCUT2D eigenvalue weighted by Crippen LogP contribution is -2.18. The predicted molar refractivity (Wildman–Crippen MR) is 125 cm³/mol. The fraction of sp³-hybridized carbons (Fsp3) is 0.111. The van der Waals surface area contributed by atoms with E-state index < -0.39 is 0 Å². The van der Waals surface area contributed by atoms with Crippen molar-refractivity contribution in [2.45, 2.75) is 13.8 Å². The Balaban J connectivity index is 1.52. The molecule has 2 heterocycles. The second-order valence-corrected chi connectivity index (χ2v) is 8.16. The molecule has 0 unspecified atom stereocenters. The van der Waals surface area contributed by atoms with Gasteiger partial charge in [0.2, 0.25) is 0 Å². The SMILES string of the molecule is Cc1ccc2c(c1)Oc1cc(C)ccc1N2c1ccc2c(c1)Oc1ccccc1N2C. The number of fused-ring (bicyclic) bond motifs is 4. The molecule has 0 aromatic heterocycles. The second kappa shape index (κ2) is 6.54. The van der Waals surface area contributed by atoms with E-state index in [4.69, 9.17) is 9.47 Å². The number of anilines is 5. The fourth-order valence-corrected chi connectivity index (χ4v) is 4.37. The normalized spacial score (nSPS) is 13.4. The molecule has 0 bridgehead atoms. The van der Waals surface area contributed by atoms with Crippen molar-refractivity contribution in [3.05, 3.63) is 90.0 Å². The average Bonchev–Trinajstić information content (AvgIpc) is 2.77. The largest absolute Gasteiger partial charge is 0.453 e. The van der Waals surface area contributed by atoms with Crippen molar-refractivity contribution in [3.8, 4) is 23.0 Å². The third-order valence-corrected chi connectivity index (χ3v) is 5.94. The lowest BCUT2D eigenvalue weighted by Gasteiger charge is -2.35. The molecule has 152 valence electrons. The molecule has 4 aromatic rings. The Bertz CT molecular complexity index is 1290. The number of benzene rings is 4. The van der Waals surface area contributed by atoms with Crippen LogP contribution in [0.25, 0.3) is 0 Å². The molecule has 2 aliphatic heterocycles. The van der Waals surface area contributed by atoms with Gasteiger partial charge >= 0.3 is 0 Å². The molecule has 31 heavy (non-hydrogen) atoms. The van der Waals surface area contributed by atoms with Gasteiger partial charge in [0.05, 0.1) is 28.4 Å². The summed E-state index contributed by atoms with van der Waals surface area (Å²) in [7, 11) is 2.07. The maximum atomic E-state index is 6.29. The number of aryl methyl sites for hydroxylation is 2. The van der Waals surface area contributed by atoms with Crippen molar-refractivity contribution < 1.29 is 9.47 Å². The van der Waals surface area contributed by atoms with Crippen LogP contribution < -0.4 is 19.3 Å². The third-order valence-electron chi connectivity index (χ3n) is 5.94. The van der Waals surface area contributed by atoms with E-state index in [1.54, 1.807) is 0 Å². The van der Waals surface area contributed by atoms with E-state index >= 15 is 0 Å². The maximum absolute atomic E-state index is 6.29. The van der Waals surface area contributed by atoms with Crippen LogP contribution in [0.3, 0.4) is 0 Å². The molecule has 0 saturated carbocycles. The minimum absolute atomic E-state index is 0.840. The highest BCUT2D eigenvalue weighted by Gasteiger charge is 2.28. The van der Waals surface area contributed by atoms with Gasteiger partial charge in [-0.1, -0.05) is 24.3 Å². The molecule has 6 rings (SSSR count). The molecule has 2 aliphatic rings. The van der Waals surface area contributed by atoms with Crippen LogP contribution in [-0.4, -0.2) is 7.05 Å². The van der Waals surface area contributed by atoms with Gasteiger partial charge in [-0.25, -0.2) is 0 Å². The van der Waals surface area contributed by atoms with Crippen LogP contribution in [0.5, 0.6) is 23.0 Å². The summed E-state index contributed by atoms with van der Waals surface area (Å²) in [4.78, 5) is 4.42. The number of hydrogen-bond donors (Lipinski definition) is 0. The highest BCUT2D eigenvalue weighted by molar-refractivity contribution is 5.89. The molecule has 0 radical (unpaired) electrons. The molecule has 0 saturated heterocycles. The average molecular weight is 406 g/mol. The summed E-state index contributed by atoms with van der Waals surface area (Å²) in [5.74, 6) is 3.43. The van der Waals surface area contributed by atoms with Gasteiger partial charge in [0.1, 0.15) is 0 Å². The Hall–Kier alpha value is -3.92. The highest BCUT2D eigenvalue weighted by atomic mass is 16.5. The molecule has 0 spiro atoms. The van der Waals surface area contributed by atoms with Gasteiger partial charge in [0.15, 0.2) is 23.0 Å². The molecule has 0 fully saturated rings. The molecule has 0 N–H and O–H groups in total. The van der Waals surface area contributed by atoms with Crippen LogP contribution in [0.1, 0.15) is 11.1 Å². The number of rotatable bonds is 1. The third kappa shape index (κ3) is 2.76. The van der Waals surface area contributed by atoms with Crippen molar-refractivity contribution in [1.82, 2.24) is 0 Å². The van der Waals surface area contributed by atoms with Crippen molar-refractivity contribution in [3.63, 3.8) is 0 Å². The predicted octanol–water partition coefficient (Wildman–Crippen LogP) is 7.75. The molecular weight excluding hydrogens is 384 g/mol. The summed E-state index contributed by atoms with van der Waals surface area (Å²) >= 11 is 0. The summed E-state index contributed by atoms with van der Waals surface area (Å²) in [6.45, 7) is 4.17. The van der Waals surface area contributed by atoms with Crippen LogP contribution >= 0.6 is 0 Å². The van der Waals surface area contributed by atoms with Gasteiger partial charge in [-0.15, -0.1) is 0 Å². The van der Waals surface area contributed by atoms with Crippen molar-refractivity contribution in [2.75, 3.05) is 16.8 Å². The highest BCUT2D eigenvalue weighted by Crippen LogP contribution is 2.53. The first-order chi connectivity index (χ1) is 15.1. The zero-order chi connectivity index (χ0) is 21.1.